The molecule has 2 aromatic rings. The van der Waals surface area contributed by atoms with Crippen molar-refractivity contribution in [2.75, 3.05) is 44.2 Å². The lowest BCUT2D eigenvalue weighted by atomic mass is 10.0. The number of hydrogen-bond acceptors (Lipinski definition) is 6. The smallest absolute Gasteiger partial charge is 0.136 e. The van der Waals surface area contributed by atoms with Crippen LogP contribution in [0.25, 0.3) is 0 Å². The van der Waals surface area contributed by atoms with Crippen LogP contribution in [0.2, 0.25) is 0 Å². The molecule has 170 valence electrons. The fraction of sp³-hybridized carbons (Fsp3) is 0.600. The summed E-state index contributed by atoms with van der Waals surface area (Å²) in [7, 11) is 0. The third-order valence-corrected chi connectivity index (χ3v) is 5.62. The van der Waals surface area contributed by atoms with Crippen molar-refractivity contribution in [3.8, 4) is 0 Å². The summed E-state index contributed by atoms with van der Waals surface area (Å²) in [6, 6.07) is 8.66. The molecule has 6 nitrogen and oxygen atoms in total. The lowest BCUT2D eigenvalue weighted by Crippen LogP contribution is -2.50. The minimum atomic E-state index is -0.466. The van der Waals surface area contributed by atoms with Gasteiger partial charge in [0.2, 0.25) is 0 Å². The van der Waals surface area contributed by atoms with Crippen molar-refractivity contribution in [2.45, 2.75) is 59.7 Å². The van der Waals surface area contributed by atoms with Crippen molar-refractivity contribution in [2.24, 2.45) is 0 Å². The second-order valence-corrected chi connectivity index (χ2v) is 9.69. The first kappa shape index (κ1) is 23.6. The molecule has 1 atom stereocenters. The normalized spacial score (nSPS) is 16.5. The maximum Gasteiger partial charge on any atom is 0.136 e. The number of β-amino-alcohol motifs (C(OH)–C–C–N with tert-alkyl or cyclic N) is 1. The highest BCUT2D eigenvalue weighted by Gasteiger charge is 2.24. The van der Waals surface area contributed by atoms with E-state index in [0.717, 1.165) is 49.9 Å². The van der Waals surface area contributed by atoms with Crippen LogP contribution in [0.15, 0.2) is 24.3 Å². The van der Waals surface area contributed by atoms with E-state index >= 15 is 0 Å². The highest BCUT2D eigenvalue weighted by atomic mass is 16.5. The van der Waals surface area contributed by atoms with Crippen molar-refractivity contribution in [3.63, 3.8) is 0 Å². The molecule has 1 aliphatic heterocycles. The molecule has 0 radical (unpaired) electrons. The molecular weight excluding hydrogens is 388 g/mol. The van der Waals surface area contributed by atoms with Crippen LogP contribution >= 0.6 is 0 Å². The summed E-state index contributed by atoms with van der Waals surface area (Å²) >= 11 is 0. The molecule has 1 saturated heterocycles. The standard InChI is InChI=1S/C25H38N4O2/c1-18-8-7-9-21(14-18)15-23-19(2)26-20(3)27-24(23)29-12-10-28(11-13-29)16-22(30)17-31-25(4,5)6/h7-9,14,22,30H,10-13,15-17H2,1-6H3. The number of rotatable bonds is 7. The Kier molecular flexibility index (Phi) is 7.68. The number of nitrogens with zero attached hydrogens (tertiary/aromatic N) is 4. The minimum absolute atomic E-state index is 0.226. The van der Waals surface area contributed by atoms with E-state index in [4.69, 9.17) is 9.72 Å². The minimum Gasteiger partial charge on any atom is -0.389 e. The summed E-state index contributed by atoms with van der Waals surface area (Å²) in [5.41, 5.74) is 4.60. The fourth-order valence-electron chi connectivity index (χ4n) is 4.05. The molecule has 3 rings (SSSR count). The van der Waals surface area contributed by atoms with Crippen LogP contribution < -0.4 is 4.90 Å². The molecule has 0 saturated carbocycles. The zero-order valence-electron chi connectivity index (χ0n) is 20.0. The number of aromatic nitrogens is 2. The molecule has 1 fully saturated rings. The average molecular weight is 427 g/mol. The number of piperazine rings is 1. The number of aryl methyl sites for hydroxylation is 3. The highest BCUT2D eigenvalue weighted by molar-refractivity contribution is 5.51. The molecule has 0 amide bonds. The van der Waals surface area contributed by atoms with Crippen molar-refractivity contribution < 1.29 is 9.84 Å². The van der Waals surface area contributed by atoms with E-state index < -0.39 is 6.10 Å². The molecule has 0 bridgehead atoms. The first-order valence-electron chi connectivity index (χ1n) is 11.3. The Hall–Kier alpha value is -2.02. The van der Waals surface area contributed by atoms with Gasteiger partial charge in [0.15, 0.2) is 0 Å². The van der Waals surface area contributed by atoms with Crippen LogP contribution in [-0.2, 0) is 11.2 Å². The molecular formula is C25H38N4O2. The number of anilines is 1. The number of aliphatic hydroxyl groups is 1. The molecule has 1 aromatic heterocycles. The largest absolute Gasteiger partial charge is 0.389 e. The molecule has 1 aromatic carbocycles. The van der Waals surface area contributed by atoms with Crippen molar-refractivity contribution in [3.05, 3.63) is 52.5 Å². The van der Waals surface area contributed by atoms with Gasteiger partial charge in [0, 0.05) is 50.4 Å². The predicted molar refractivity (Wildman–Crippen MR) is 126 cm³/mol. The third-order valence-electron chi connectivity index (χ3n) is 5.62. The van der Waals surface area contributed by atoms with Gasteiger partial charge in [-0.3, -0.25) is 4.90 Å². The second-order valence-electron chi connectivity index (χ2n) is 9.69. The Morgan fingerprint density at radius 1 is 1.06 bits per heavy atom. The predicted octanol–water partition coefficient (Wildman–Crippen LogP) is 3.29. The topological polar surface area (TPSA) is 61.7 Å². The van der Waals surface area contributed by atoms with Gasteiger partial charge in [-0.25, -0.2) is 9.97 Å². The van der Waals surface area contributed by atoms with E-state index in [1.54, 1.807) is 0 Å². The van der Waals surface area contributed by atoms with E-state index in [2.05, 4.69) is 52.9 Å². The molecule has 31 heavy (non-hydrogen) atoms. The molecule has 2 heterocycles. The summed E-state index contributed by atoms with van der Waals surface area (Å²) in [6.07, 6.45) is 0.373. The molecule has 1 unspecified atom stereocenters. The van der Waals surface area contributed by atoms with Crippen LogP contribution in [0.1, 0.15) is 49.0 Å². The quantitative estimate of drug-likeness (QED) is 0.733. The first-order chi connectivity index (χ1) is 14.6. The molecule has 0 spiro atoms. The SMILES string of the molecule is Cc1cccc(Cc2c(C)nc(C)nc2N2CCN(CC(O)COC(C)(C)C)CC2)c1. The fourth-order valence-corrected chi connectivity index (χ4v) is 4.05. The Labute approximate surface area is 187 Å². The Balaban J connectivity index is 1.66. The van der Waals surface area contributed by atoms with E-state index in [0.29, 0.717) is 13.2 Å². The Morgan fingerprint density at radius 2 is 1.77 bits per heavy atom. The van der Waals surface area contributed by atoms with Gasteiger partial charge in [-0.05, 0) is 47.1 Å². The Bertz CT molecular complexity index is 870. The van der Waals surface area contributed by atoms with E-state index in [1.807, 2.05) is 27.7 Å². The molecule has 0 aliphatic carbocycles. The van der Waals surface area contributed by atoms with E-state index in [1.165, 1.54) is 16.7 Å². The van der Waals surface area contributed by atoms with E-state index in [-0.39, 0.29) is 5.60 Å². The maximum atomic E-state index is 10.4. The zero-order chi connectivity index (χ0) is 22.6. The third kappa shape index (κ3) is 6.99. The van der Waals surface area contributed by atoms with Gasteiger partial charge < -0.3 is 14.7 Å². The van der Waals surface area contributed by atoms with Gasteiger partial charge in [-0.2, -0.15) is 0 Å². The van der Waals surface area contributed by atoms with Gasteiger partial charge in [0.25, 0.3) is 0 Å². The maximum absolute atomic E-state index is 10.4. The van der Waals surface area contributed by atoms with Gasteiger partial charge in [-0.1, -0.05) is 29.8 Å². The van der Waals surface area contributed by atoms with Gasteiger partial charge in [0.05, 0.1) is 18.3 Å². The van der Waals surface area contributed by atoms with Crippen LogP contribution in [0.3, 0.4) is 0 Å². The summed E-state index contributed by atoms with van der Waals surface area (Å²) in [6.45, 7) is 16.8. The summed E-state index contributed by atoms with van der Waals surface area (Å²) < 4.78 is 5.73. The van der Waals surface area contributed by atoms with Crippen LogP contribution in [0, 0.1) is 20.8 Å². The van der Waals surface area contributed by atoms with Crippen LogP contribution in [0.4, 0.5) is 5.82 Å². The van der Waals surface area contributed by atoms with Crippen LogP contribution in [0.5, 0.6) is 0 Å². The van der Waals surface area contributed by atoms with Crippen molar-refractivity contribution in [1.29, 1.82) is 0 Å². The average Bonchev–Trinajstić information content (AvgIpc) is 2.68. The number of benzene rings is 1. The second kappa shape index (κ2) is 10.1. The monoisotopic (exact) mass is 426 g/mol. The zero-order valence-corrected chi connectivity index (χ0v) is 20.0. The number of aliphatic hydroxyl groups excluding tert-OH is 1. The van der Waals surface area contributed by atoms with Gasteiger partial charge in [-0.15, -0.1) is 0 Å². The van der Waals surface area contributed by atoms with Gasteiger partial charge in [0.1, 0.15) is 11.6 Å². The molecule has 1 aliphatic rings. The summed E-state index contributed by atoms with van der Waals surface area (Å²) in [5.74, 6) is 1.88. The van der Waals surface area contributed by atoms with Crippen LogP contribution in [-0.4, -0.2) is 71.0 Å². The van der Waals surface area contributed by atoms with Crippen molar-refractivity contribution >= 4 is 5.82 Å². The number of ether oxygens (including phenoxy) is 1. The number of hydrogen-bond donors (Lipinski definition) is 1. The van der Waals surface area contributed by atoms with E-state index in [9.17, 15) is 5.11 Å². The summed E-state index contributed by atoms with van der Waals surface area (Å²) in [5, 5.41) is 10.4. The lowest BCUT2D eigenvalue weighted by Gasteiger charge is -2.37. The summed E-state index contributed by atoms with van der Waals surface area (Å²) in [4.78, 5) is 14.2. The highest BCUT2D eigenvalue weighted by Crippen LogP contribution is 2.25. The lowest BCUT2D eigenvalue weighted by molar-refractivity contribution is -0.0563. The van der Waals surface area contributed by atoms with Gasteiger partial charge >= 0.3 is 0 Å². The first-order valence-corrected chi connectivity index (χ1v) is 11.3. The Morgan fingerprint density at radius 3 is 2.42 bits per heavy atom. The molecule has 1 N–H and O–H groups in total. The van der Waals surface area contributed by atoms with Crippen molar-refractivity contribution in [1.82, 2.24) is 14.9 Å². The molecule has 6 heteroatoms.